The third-order valence-corrected chi connectivity index (χ3v) is 3.32. The largest absolute Gasteiger partial charge is 0.463 e. The Morgan fingerprint density at radius 3 is 1.96 bits per heavy atom. The molecule has 5 unspecified atom stereocenters. The summed E-state index contributed by atoms with van der Waals surface area (Å²) in [5.74, 6) is -2.28. The van der Waals surface area contributed by atoms with E-state index in [-0.39, 0.29) is 6.61 Å². The molecule has 0 aromatic heterocycles. The Balaban J connectivity index is 3.16. The predicted molar refractivity (Wildman–Crippen MR) is 81.0 cm³/mol. The van der Waals surface area contributed by atoms with E-state index in [0.29, 0.717) is 0 Å². The number of hydrogen-bond acceptors (Lipinski definition) is 9. The highest BCUT2D eigenvalue weighted by Crippen LogP contribution is 2.27. The summed E-state index contributed by atoms with van der Waals surface area (Å²) in [5, 5.41) is 2.54. The predicted octanol–water partition coefficient (Wildman–Crippen LogP) is -0.711. The maximum atomic E-state index is 11.5. The van der Waals surface area contributed by atoms with E-state index >= 15 is 0 Å². The lowest BCUT2D eigenvalue weighted by Crippen LogP contribution is -2.66. The Morgan fingerprint density at radius 1 is 0.920 bits per heavy atom. The van der Waals surface area contributed by atoms with E-state index in [4.69, 9.17) is 23.7 Å². The van der Waals surface area contributed by atoms with Crippen molar-refractivity contribution in [2.45, 2.75) is 58.3 Å². The quantitative estimate of drug-likeness (QED) is 0.482. The fourth-order valence-electron chi connectivity index (χ4n) is 2.51. The highest BCUT2D eigenvalue weighted by atomic mass is 16.7. The van der Waals surface area contributed by atoms with E-state index in [0.717, 1.165) is 0 Å². The minimum absolute atomic E-state index is 0.212. The first-order valence-corrected chi connectivity index (χ1v) is 7.58. The normalized spacial score (nSPS) is 28.6. The average Bonchev–Trinajstić information content (AvgIpc) is 2.47. The lowest BCUT2D eigenvalue weighted by molar-refractivity contribution is -0.271. The van der Waals surface area contributed by atoms with Crippen molar-refractivity contribution in [2.75, 3.05) is 13.7 Å². The molecule has 1 amide bonds. The molecule has 142 valence electrons. The summed E-state index contributed by atoms with van der Waals surface area (Å²) >= 11 is 0. The molecule has 0 saturated carbocycles. The number of esters is 3. The summed E-state index contributed by atoms with van der Waals surface area (Å²) < 4.78 is 26.2. The van der Waals surface area contributed by atoms with Crippen LogP contribution in [0.25, 0.3) is 0 Å². The van der Waals surface area contributed by atoms with Crippen LogP contribution in [0.5, 0.6) is 0 Å². The van der Waals surface area contributed by atoms with Gasteiger partial charge in [-0.25, -0.2) is 0 Å². The molecule has 1 heterocycles. The van der Waals surface area contributed by atoms with Gasteiger partial charge >= 0.3 is 17.9 Å². The average molecular weight is 361 g/mol. The van der Waals surface area contributed by atoms with Gasteiger partial charge in [-0.15, -0.1) is 0 Å². The summed E-state index contributed by atoms with van der Waals surface area (Å²) in [5.41, 5.74) is 0. The van der Waals surface area contributed by atoms with Crippen molar-refractivity contribution in [3.05, 3.63) is 0 Å². The van der Waals surface area contributed by atoms with Crippen molar-refractivity contribution in [3.63, 3.8) is 0 Å². The molecule has 1 fully saturated rings. The zero-order valence-electron chi connectivity index (χ0n) is 14.8. The molecule has 0 spiro atoms. The second kappa shape index (κ2) is 9.33. The number of rotatable bonds is 6. The van der Waals surface area contributed by atoms with E-state index in [1.54, 1.807) is 0 Å². The van der Waals surface area contributed by atoms with Crippen molar-refractivity contribution >= 4 is 23.8 Å². The van der Waals surface area contributed by atoms with E-state index in [1.165, 1.54) is 34.8 Å². The summed E-state index contributed by atoms with van der Waals surface area (Å²) in [7, 11) is 1.35. The molecule has 5 atom stereocenters. The van der Waals surface area contributed by atoms with Gasteiger partial charge in [-0.3, -0.25) is 19.2 Å². The molecule has 1 N–H and O–H groups in total. The highest BCUT2D eigenvalue weighted by Gasteiger charge is 2.50. The van der Waals surface area contributed by atoms with Gasteiger partial charge < -0.3 is 29.0 Å². The van der Waals surface area contributed by atoms with Crippen molar-refractivity contribution in [1.82, 2.24) is 5.32 Å². The van der Waals surface area contributed by atoms with Gasteiger partial charge in [0.15, 0.2) is 6.10 Å². The molecule has 1 saturated heterocycles. The Hall–Kier alpha value is -2.20. The van der Waals surface area contributed by atoms with Crippen LogP contribution in [0, 0.1) is 0 Å². The van der Waals surface area contributed by atoms with Crippen molar-refractivity contribution in [1.29, 1.82) is 0 Å². The molecule has 1 aliphatic heterocycles. The molecule has 0 aromatic carbocycles. The van der Waals surface area contributed by atoms with Crippen LogP contribution in [0.3, 0.4) is 0 Å². The van der Waals surface area contributed by atoms with Crippen LogP contribution in [0.4, 0.5) is 0 Å². The van der Waals surface area contributed by atoms with Crippen molar-refractivity contribution < 1.29 is 42.9 Å². The molecule has 0 bridgehead atoms. The molecule has 25 heavy (non-hydrogen) atoms. The third kappa shape index (κ3) is 6.31. The number of ether oxygens (including phenoxy) is 5. The SMILES string of the molecule is COC1C(COC(C)=O)OC(OC(C)=O)C(NC(C)=O)C1OC(C)=O. The molecule has 0 aliphatic carbocycles. The summed E-state index contributed by atoms with van der Waals surface area (Å²) in [6.07, 6.45) is -4.03. The van der Waals surface area contributed by atoms with Crippen LogP contribution in [0.2, 0.25) is 0 Å². The number of amides is 1. The minimum Gasteiger partial charge on any atom is -0.463 e. The maximum absolute atomic E-state index is 11.5. The van der Waals surface area contributed by atoms with Crippen LogP contribution in [0.1, 0.15) is 27.7 Å². The number of carbonyl (C=O) groups is 4. The van der Waals surface area contributed by atoms with Gasteiger partial charge in [-0.1, -0.05) is 0 Å². The first-order chi connectivity index (χ1) is 11.6. The molecular weight excluding hydrogens is 338 g/mol. The fraction of sp³-hybridized carbons (Fsp3) is 0.733. The van der Waals surface area contributed by atoms with Gasteiger partial charge in [0.25, 0.3) is 0 Å². The number of carbonyl (C=O) groups excluding carboxylic acids is 4. The minimum atomic E-state index is -1.25. The van der Waals surface area contributed by atoms with E-state index < -0.39 is 54.5 Å². The molecular formula is C15H23NO9. The second-order valence-corrected chi connectivity index (χ2v) is 5.46. The second-order valence-electron chi connectivity index (χ2n) is 5.46. The number of methoxy groups -OCH3 is 1. The van der Waals surface area contributed by atoms with Crippen molar-refractivity contribution in [3.8, 4) is 0 Å². The van der Waals surface area contributed by atoms with E-state index in [1.807, 2.05) is 0 Å². The van der Waals surface area contributed by atoms with Crippen LogP contribution in [-0.2, 0) is 42.9 Å². The number of hydrogen-bond donors (Lipinski definition) is 1. The number of nitrogens with one attached hydrogen (secondary N) is 1. The van der Waals surface area contributed by atoms with Gasteiger partial charge in [0.2, 0.25) is 12.2 Å². The van der Waals surface area contributed by atoms with Gasteiger partial charge in [0.1, 0.15) is 24.9 Å². The van der Waals surface area contributed by atoms with Crippen LogP contribution >= 0.6 is 0 Å². The Kier molecular flexibility index (Phi) is 7.78. The van der Waals surface area contributed by atoms with Crippen LogP contribution < -0.4 is 5.32 Å². The molecule has 10 nitrogen and oxygen atoms in total. The van der Waals surface area contributed by atoms with Gasteiger partial charge in [-0.2, -0.15) is 0 Å². The first-order valence-electron chi connectivity index (χ1n) is 7.58. The Labute approximate surface area is 145 Å². The maximum Gasteiger partial charge on any atom is 0.305 e. The van der Waals surface area contributed by atoms with E-state index in [2.05, 4.69) is 5.32 Å². The first kappa shape index (κ1) is 20.8. The summed E-state index contributed by atoms with van der Waals surface area (Å²) in [6.45, 7) is 4.61. The van der Waals surface area contributed by atoms with Gasteiger partial charge in [0.05, 0.1) is 0 Å². The molecule has 0 radical (unpaired) electrons. The Morgan fingerprint density at radius 2 is 1.52 bits per heavy atom. The lowest BCUT2D eigenvalue weighted by atomic mass is 9.96. The van der Waals surface area contributed by atoms with Crippen LogP contribution in [0.15, 0.2) is 0 Å². The van der Waals surface area contributed by atoms with Crippen molar-refractivity contribution in [2.24, 2.45) is 0 Å². The lowest BCUT2D eigenvalue weighted by Gasteiger charge is -2.44. The zero-order valence-corrected chi connectivity index (χ0v) is 14.8. The summed E-state index contributed by atoms with van der Waals surface area (Å²) in [6, 6.07) is -0.996. The summed E-state index contributed by atoms with van der Waals surface area (Å²) in [4.78, 5) is 45.4. The monoisotopic (exact) mass is 361 g/mol. The molecule has 10 heteroatoms. The smallest absolute Gasteiger partial charge is 0.305 e. The zero-order chi connectivity index (χ0) is 19.1. The fourth-order valence-corrected chi connectivity index (χ4v) is 2.51. The molecule has 1 aliphatic rings. The highest BCUT2D eigenvalue weighted by molar-refractivity contribution is 5.74. The molecule has 1 rings (SSSR count). The van der Waals surface area contributed by atoms with Crippen LogP contribution in [-0.4, -0.2) is 68.2 Å². The molecule has 0 aromatic rings. The van der Waals surface area contributed by atoms with Gasteiger partial charge in [0, 0.05) is 34.8 Å². The van der Waals surface area contributed by atoms with E-state index in [9.17, 15) is 19.2 Å². The topological polar surface area (TPSA) is 126 Å². The third-order valence-electron chi connectivity index (χ3n) is 3.32. The Bertz CT molecular complexity index is 521. The van der Waals surface area contributed by atoms with Gasteiger partial charge in [-0.05, 0) is 0 Å². The standard InChI is InChI=1S/C15H23NO9/c1-7(17)16-12-14(23-9(3)19)13(21-5)11(6-22-8(2)18)25-15(12)24-10(4)20/h11-15H,6H2,1-5H3,(H,16,17).